The maximum atomic E-state index is 13.2. The van der Waals surface area contributed by atoms with Crippen LogP contribution in [0.2, 0.25) is 0 Å². The maximum absolute atomic E-state index is 13.2. The fraction of sp³-hybridized carbons (Fsp3) is 0.600. The molecule has 34 heavy (non-hydrogen) atoms. The Hall–Kier alpha value is -2.94. The highest BCUT2D eigenvalue weighted by molar-refractivity contribution is 6.38. The number of carbonyl (C=O) groups is 4. The van der Waals surface area contributed by atoms with Crippen molar-refractivity contribution in [3.63, 3.8) is 0 Å². The van der Waals surface area contributed by atoms with Crippen LogP contribution in [0.4, 0.5) is 4.79 Å². The fourth-order valence-corrected chi connectivity index (χ4v) is 3.80. The van der Waals surface area contributed by atoms with Crippen LogP contribution >= 0.6 is 0 Å². The van der Waals surface area contributed by atoms with E-state index < -0.39 is 35.8 Å². The van der Waals surface area contributed by atoms with Gasteiger partial charge in [-0.3, -0.25) is 14.4 Å². The highest BCUT2D eigenvalue weighted by Crippen LogP contribution is 2.19. The zero-order valence-electron chi connectivity index (χ0n) is 19.9. The first kappa shape index (κ1) is 25.7. The lowest BCUT2D eigenvalue weighted by molar-refractivity contribution is -0.140. The molecule has 2 unspecified atom stereocenters. The third-order valence-corrected chi connectivity index (χ3v) is 5.81. The Kier molecular flexibility index (Phi) is 9.44. The second kappa shape index (κ2) is 12.5. The monoisotopic (exact) mass is 473 g/mol. The SMILES string of the molecule is CC(C)CC(NC(=O)OC1CCOCC1)C(=O)NC(Cc1ccccc1)C(=O)C(=O)NC1CC1. The van der Waals surface area contributed by atoms with Crippen molar-refractivity contribution in [2.24, 2.45) is 5.92 Å². The molecule has 3 amide bonds. The first-order valence-electron chi connectivity index (χ1n) is 12.1. The Labute approximate surface area is 200 Å². The van der Waals surface area contributed by atoms with E-state index in [0.29, 0.717) is 32.5 Å². The number of benzene rings is 1. The van der Waals surface area contributed by atoms with Gasteiger partial charge in [0.25, 0.3) is 5.91 Å². The molecule has 1 aliphatic heterocycles. The van der Waals surface area contributed by atoms with E-state index in [1.807, 2.05) is 44.2 Å². The highest BCUT2D eigenvalue weighted by Gasteiger charge is 2.34. The van der Waals surface area contributed by atoms with Crippen molar-refractivity contribution in [2.45, 2.75) is 76.6 Å². The second-order valence-electron chi connectivity index (χ2n) is 9.41. The van der Waals surface area contributed by atoms with Crippen LogP contribution in [0.25, 0.3) is 0 Å². The molecule has 2 atom stereocenters. The van der Waals surface area contributed by atoms with Crippen molar-refractivity contribution in [3.05, 3.63) is 35.9 Å². The highest BCUT2D eigenvalue weighted by atomic mass is 16.6. The molecule has 9 nitrogen and oxygen atoms in total. The third-order valence-electron chi connectivity index (χ3n) is 5.81. The molecule has 186 valence electrons. The number of nitrogens with one attached hydrogen (secondary N) is 3. The number of hydrogen-bond donors (Lipinski definition) is 3. The van der Waals surface area contributed by atoms with Crippen molar-refractivity contribution in [1.29, 1.82) is 0 Å². The van der Waals surface area contributed by atoms with Gasteiger partial charge in [-0.25, -0.2) is 4.79 Å². The molecule has 1 aromatic rings. The van der Waals surface area contributed by atoms with Crippen LogP contribution in [0.1, 0.15) is 51.5 Å². The molecular weight excluding hydrogens is 438 g/mol. The van der Waals surface area contributed by atoms with E-state index in [1.165, 1.54) is 0 Å². The van der Waals surface area contributed by atoms with E-state index in [1.54, 1.807) is 0 Å². The Morgan fingerprint density at radius 2 is 1.65 bits per heavy atom. The van der Waals surface area contributed by atoms with Gasteiger partial charge in [0.05, 0.1) is 13.2 Å². The minimum atomic E-state index is -1.04. The number of ether oxygens (including phenoxy) is 2. The summed E-state index contributed by atoms with van der Waals surface area (Å²) in [4.78, 5) is 51.0. The van der Waals surface area contributed by atoms with E-state index >= 15 is 0 Å². The smallest absolute Gasteiger partial charge is 0.408 e. The van der Waals surface area contributed by atoms with E-state index in [9.17, 15) is 19.2 Å². The molecule has 0 spiro atoms. The quantitative estimate of drug-likeness (QED) is 0.422. The van der Waals surface area contributed by atoms with Gasteiger partial charge in [0.2, 0.25) is 11.7 Å². The van der Waals surface area contributed by atoms with Crippen LogP contribution in [0.3, 0.4) is 0 Å². The largest absolute Gasteiger partial charge is 0.446 e. The standard InChI is InChI=1S/C25H35N3O6/c1-16(2)14-21(28-25(32)34-19-10-12-33-13-11-19)23(30)27-20(15-17-6-4-3-5-7-17)22(29)24(31)26-18-8-9-18/h3-7,16,18-21H,8-15H2,1-2H3,(H,26,31)(H,27,30)(H,28,32). The molecule has 1 aliphatic carbocycles. The van der Waals surface area contributed by atoms with Crippen LogP contribution in [0, 0.1) is 5.92 Å². The van der Waals surface area contributed by atoms with Crippen LogP contribution in [-0.4, -0.2) is 61.1 Å². The van der Waals surface area contributed by atoms with Gasteiger partial charge in [0, 0.05) is 25.3 Å². The van der Waals surface area contributed by atoms with Gasteiger partial charge in [-0.05, 0) is 30.7 Å². The molecule has 2 aliphatic rings. The van der Waals surface area contributed by atoms with E-state index in [0.717, 1.165) is 18.4 Å². The van der Waals surface area contributed by atoms with Gasteiger partial charge in [-0.1, -0.05) is 44.2 Å². The Morgan fingerprint density at radius 3 is 2.26 bits per heavy atom. The topological polar surface area (TPSA) is 123 Å². The molecule has 3 N–H and O–H groups in total. The van der Waals surface area contributed by atoms with Gasteiger partial charge in [0.15, 0.2) is 0 Å². The molecule has 1 heterocycles. The first-order chi connectivity index (χ1) is 16.3. The summed E-state index contributed by atoms with van der Waals surface area (Å²) in [5, 5.41) is 8.06. The number of alkyl carbamates (subject to hydrolysis) is 1. The lowest BCUT2D eigenvalue weighted by Crippen LogP contribution is -2.55. The van der Waals surface area contributed by atoms with E-state index in [4.69, 9.17) is 9.47 Å². The Bertz CT molecular complexity index is 849. The lowest BCUT2D eigenvalue weighted by atomic mass is 9.99. The van der Waals surface area contributed by atoms with Crippen molar-refractivity contribution >= 4 is 23.7 Å². The van der Waals surface area contributed by atoms with Gasteiger partial charge >= 0.3 is 6.09 Å². The summed E-state index contributed by atoms with van der Waals surface area (Å²) in [7, 11) is 0. The molecule has 1 saturated carbocycles. The molecule has 0 bridgehead atoms. The Morgan fingerprint density at radius 1 is 0.971 bits per heavy atom. The summed E-state index contributed by atoms with van der Waals surface area (Å²) in [6.07, 6.45) is 2.52. The van der Waals surface area contributed by atoms with Gasteiger partial charge in [0.1, 0.15) is 18.2 Å². The van der Waals surface area contributed by atoms with Crippen molar-refractivity contribution in [2.75, 3.05) is 13.2 Å². The molecule has 0 aromatic heterocycles. The predicted molar refractivity (Wildman–Crippen MR) is 125 cm³/mol. The number of carbonyl (C=O) groups excluding carboxylic acids is 4. The van der Waals surface area contributed by atoms with Crippen molar-refractivity contribution < 1.29 is 28.7 Å². The molecule has 1 aromatic carbocycles. The lowest BCUT2D eigenvalue weighted by Gasteiger charge is -2.26. The summed E-state index contributed by atoms with van der Waals surface area (Å²) in [5.74, 6) is -1.82. The van der Waals surface area contributed by atoms with Crippen LogP contribution < -0.4 is 16.0 Å². The average Bonchev–Trinajstić information content (AvgIpc) is 3.62. The van der Waals surface area contributed by atoms with Gasteiger partial charge < -0.3 is 25.4 Å². The van der Waals surface area contributed by atoms with Gasteiger partial charge in [-0.15, -0.1) is 0 Å². The van der Waals surface area contributed by atoms with Crippen LogP contribution in [0.5, 0.6) is 0 Å². The number of ketones is 1. The first-order valence-corrected chi connectivity index (χ1v) is 12.1. The van der Waals surface area contributed by atoms with E-state index in [-0.39, 0.29) is 24.5 Å². The summed E-state index contributed by atoms with van der Waals surface area (Å²) < 4.78 is 10.7. The van der Waals surface area contributed by atoms with Gasteiger partial charge in [-0.2, -0.15) is 0 Å². The summed E-state index contributed by atoms with van der Waals surface area (Å²) in [6.45, 7) is 4.92. The van der Waals surface area contributed by atoms with Crippen LogP contribution in [0.15, 0.2) is 30.3 Å². The maximum Gasteiger partial charge on any atom is 0.408 e. The van der Waals surface area contributed by atoms with Crippen LogP contribution in [-0.2, 0) is 30.3 Å². The number of hydrogen-bond acceptors (Lipinski definition) is 6. The summed E-state index contributed by atoms with van der Waals surface area (Å²) in [5.41, 5.74) is 0.813. The van der Waals surface area contributed by atoms with E-state index in [2.05, 4.69) is 16.0 Å². The fourth-order valence-electron chi connectivity index (χ4n) is 3.80. The zero-order chi connectivity index (χ0) is 24.5. The second-order valence-corrected chi connectivity index (χ2v) is 9.41. The molecular formula is C25H35N3O6. The zero-order valence-corrected chi connectivity index (χ0v) is 19.9. The molecule has 0 radical (unpaired) electrons. The summed E-state index contributed by atoms with van der Waals surface area (Å²) >= 11 is 0. The number of amides is 3. The van der Waals surface area contributed by atoms with Crippen molar-refractivity contribution in [1.82, 2.24) is 16.0 Å². The normalized spacial score (nSPS) is 18.0. The average molecular weight is 474 g/mol. The predicted octanol–water partition coefficient (Wildman–Crippen LogP) is 1.88. The molecule has 1 saturated heterocycles. The molecule has 3 rings (SSSR count). The number of Topliss-reactive ketones (excluding diaryl/α,β-unsaturated/α-hetero) is 1. The third kappa shape index (κ3) is 8.44. The minimum Gasteiger partial charge on any atom is -0.446 e. The number of rotatable bonds is 11. The van der Waals surface area contributed by atoms with Crippen molar-refractivity contribution in [3.8, 4) is 0 Å². The Balaban J connectivity index is 1.67. The minimum absolute atomic E-state index is 0.0276. The molecule has 2 fully saturated rings. The summed E-state index contributed by atoms with van der Waals surface area (Å²) in [6, 6.07) is 7.27. The molecule has 9 heteroatoms.